The van der Waals surface area contributed by atoms with Gasteiger partial charge in [0, 0.05) is 17.3 Å². The van der Waals surface area contributed by atoms with Gasteiger partial charge in [-0.2, -0.15) is 5.26 Å². The molecule has 90 valence electrons. The summed E-state index contributed by atoms with van der Waals surface area (Å²) in [5, 5.41) is 8.64. The van der Waals surface area contributed by atoms with E-state index in [1.165, 1.54) is 6.07 Å². The summed E-state index contributed by atoms with van der Waals surface area (Å²) in [6, 6.07) is 9.88. The molecule has 0 radical (unpaired) electrons. The smallest absolute Gasteiger partial charge is 0.216 e. The van der Waals surface area contributed by atoms with Crippen LogP contribution in [-0.2, 0) is 6.61 Å². The van der Waals surface area contributed by atoms with Crippen LogP contribution in [0, 0.1) is 24.1 Å². The SMILES string of the molecule is Cc1cccnc1OCc1ccc(C#N)cc1F. The van der Waals surface area contributed by atoms with Crippen LogP contribution in [0.3, 0.4) is 0 Å². The largest absolute Gasteiger partial charge is 0.472 e. The lowest BCUT2D eigenvalue weighted by Crippen LogP contribution is -2.01. The van der Waals surface area contributed by atoms with Crippen LogP contribution in [0.25, 0.3) is 0 Å². The van der Waals surface area contributed by atoms with Gasteiger partial charge in [0.05, 0.1) is 11.6 Å². The molecule has 0 atom stereocenters. The minimum Gasteiger partial charge on any atom is -0.472 e. The third-order valence-corrected chi connectivity index (χ3v) is 2.51. The highest BCUT2D eigenvalue weighted by molar-refractivity contribution is 5.33. The number of ether oxygens (including phenoxy) is 1. The summed E-state index contributed by atoms with van der Waals surface area (Å²) in [4.78, 5) is 4.06. The predicted octanol–water partition coefficient (Wildman–Crippen LogP) is 2.98. The lowest BCUT2D eigenvalue weighted by atomic mass is 10.1. The van der Waals surface area contributed by atoms with E-state index in [2.05, 4.69) is 4.98 Å². The summed E-state index contributed by atoms with van der Waals surface area (Å²) >= 11 is 0. The fourth-order valence-corrected chi connectivity index (χ4v) is 1.50. The molecule has 0 aliphatic carbocycles. The molecule has 0 bridgehead atoms. The first-order valence-corrected chi connectivity index (χ1v) is 5.43. The second kappa shape index (κ2) is 5.28. The number of halogens is 1. The number of rotatable bonds is 3. The first kappa shape index (κ1) is 12.1. The molecule has 3 nitrogen and oxygen atoms in total. The summed E-state index contributed by atoms with van der Waals surface area (Å²) < 4.78 is 19.0. The first-order chi connectivity index (χ1) is 8.70. The van der Waals surface area contributed by atoms with E-state index in [0.29, 0.717) is 17.0 Å². The van der Waals surface area contributed by atoms with Crippen molar-refractivity contribution >= 4 is 0 Å². The van der Waals surface area contributed by atoms with Crippen molar-refractivity contribution in [3.05, 3.63) is 59.0 Å². The van der Waals surface area contributed by atoms with Crippen LogP contribution in [0.15, 0.2) is 36.5 Å². The summed E-state index contributed by atoms with van der Waals surface area (Å²) in [5.74, 6) is 0.0453. The maximum absolute atomic E-state index is 13.6. The Labute approximate surface area is 104 Å². The molecule has 2 aromatic rings. The van der Waals surface area contributed by atoms with Gasteiger partial charge in [0.2, 0.25) is 5.88 Å². The zero-order valence-corrected chi connectivity index (χ0v) is 9.85. The molecule has 1 aromatic carbocycles. The third kappa shape index (κ3) is 2.64. The molecule has 0 unspecified atom stereocenters. The monoisotopic (exact) mass is 242 g/mol. The van der Waals surface area contributed by atoms with Crippen LogP contribution in [0.5, 0.6) is 5.88 Å². The van der Waals surface area contributed by atoms with Crippen molar-refractivity contribution in [3.8, 4) is 11.9 Å². The van der Waals surface area contributed by atoms with E-state index in [-0.39, 0.29) is 6.61 Å². The van der Waals surface area contributed by atoms with Gasteiger partial charge in [-0.1, -0.05) is 12.1 Å². The van der Waals surface area contributed by atoms with Gasteiger partial charge in [-0.15, -0.1) is 0 Å². The van der Waals surface area contributed by atoms with E-state index in [1.807, 2.05) is 25.1 Å². The summed E-state index contributed by atoms with van der Waals surface area (Å²) in [7, 11) is 0. The molecule has 2 rings (SSSR count). The number of hydrogen-bond donors (Lipinski definition) is 0. The van der Waals surface area contributed by atoms with E-state index >= 15 is 0 Å². The Bertz CT molecular complexity index is 605. The average Bonchev–Trinajstić information content (AvgIpc) is 2.39. The third-order valence-electron chi connectivity index (χ3n) is 2.51. The molecular formula is C14H11FN2O. The highest BCUT2D eigenvalue weighted by Gasteiger charge is 2.06. The fraction of sp³-hybridized carbons (Fsp3) is 0.143. The maximum atomic E-state index is 13.6. The van der Waals surface area contributed by atoms with Crippen LogP contribution in [0.4, 0.5) is 4.39 Å². The Balaban J connectivity index is 2.12. The zero-order valence-electron chi connectivity index (χ0n) is 9.85. The number of aryl methyl sites for hydroxylation is 1. The minimum absolute atomic E-state index is 0.0927. The Hall–Kier alpha value is -2.41. The lowest BCUT2D eigenvalue weighted by Gasteiger charge is -2.08. The van der Waals surface area contributed by atoms with Crippen LogP contribution in [-0.4, -0.2) is 4.98 Å². The Morgan fingerprint density at radius 2 is 2.22 bits per heavy atom. The quantitative estimate of drug-likeness (QED) is 0.831. The van der Waals surface area contributed by atoms with Gasteiger partial charge in [-0.05, 0) is 25.1 Å². The zero-order chi connectivity index (χ0) is 13.0. The standard InChI is InChI=1S/C14H11FN2O/c1-10-3-2-6-17-14(10)18-9-12-5-4-11(8-16)7-13(12)15/h2-7H,9H2,1H3. The van der Waals surface area contributed by atoms with Crippen LogP contribution >= 0.6 is 0 Å². The van der Waals surface area contributed by atoms with Crippen molar-refractivity contribution in [2.75, 3.05) is 0 Å². The van der Waals surface area contributed by atoms with Gasteiger partial charge in [-0.3, -0.25) is 0 Å². The molecule has 18 heavy (non-hydrogen) atoms. The Kier molecular flexibility index (Phi) is 3.54. The highest BCUT2D eigenvalue weighted by Crippen LogP contribution is 2.16. The minimum atomic E-state index is -0.442. The van der Waals surface area contributed by atoms with Crippen molar-refractivity contribution in [3.63, 3.8) is 0 Å². The molecule has 0 saturated carbocycles. The summed E-state index contributed by atoms with van der Waals surface area (Å²) in [5.41, 5.74) is 1.59. The van der Waals surface area contributed by atoms with Gasteiger partial charge >= 0.3 is 0 Å². The number of nitrogens with zero attached hydrogens (tertiary/aromatic N) is 2. The number of hydrogen-bond acceptors (Lipinski definition) is 3. The molecule has 0 aliphatic heterocycles. The summed E-state index contributed by atoms with van der Waals surface area (Å²) in [6.45, 7) is 1.97. The van der Waals surface area contributed by atoms with Crippen molar-refractivity contribution in [2.24, 2.45) is 0 Å². The predicted molar refractivity (Wildman–Crippen MR) is 64.4 cm³/mol. The second-order valence-corrected chi connectivity index (χ2v) is 3.83. The van der Waals surface area contributed by atoms with E-state index in [1.54, 1.807) is 18.3 Å². The van der Waals surface area contributed by atoms with E-state index in [4.69, 9.17) is 10.00 Å². The number of pyridine rings is 1. The number of aromatic nitrogens is 1. The molecule has 0 amide bonds. The van der Waals surface area contributed by atoms with Crippen molar-refractivity contribution in [1.82, 2.24) is 4.98 Å². The first-order valence-electron chi connectivity index (χ1n) is 5.43. The van der Waals surface area contributed by atoms with Crippen molar-refractivity contribution in [1.29, 1.82) is 5.26 Å². The lowest BCUT2D eigenvalue weighted by molar-refractivity contribution is 0.286. The summed E-state index contributed by atoms with van der Waals surface area (Å²) in [6.07, 6.45) is 1.62. The van der Waals surface area contributed by atoms with Gasteiger partial charge in [0.25, 0.3) is 0 Å². The molecular weight excluding hydrogens is 231 g/mol. The van der Waals surface area contributed by atoms with Crippen molar-refractivity contribution in [2.45, 2.75) is 13.5 Å². The molecule has 0 aliphatic rings. The van der Waals surface area contributed by atoms with E-state index in [0.717, 1.165) is 5.56 Å². The normalized spacial score (nSPS) is 9.83. The fourth-order valence-electron chi connectivity index (χ4n) is 1.50. The molecule has 0 spiro atoms. The second-order valence-electron chi connectivity index (χ2n) is 3.83. The van der Waals surface area contributed by atoms with Gasteiger partial charge < -0.3 is 4.74 Å². The van der Waals surface area contributed by atoms with Crippen LogP contribution < -0.4 is 4.74 Å². The average molecular weight is 242 g/mol. The molecule has 1 heterocycles. The molecule has 4 heteroatoms. The van der Waals surface area contributed by atoms with Gasteiger partial charge in [0.1, 0.15) is 12.4 Å². The number of nitriles is 1. The van der Waals surface area contributed by atoms with E-state index < -0.39 is 5.82 Å². The van der Waals surface area contributed by atoms with E-state index in [9.17, 15) is 4.39 Å². The van der Waals surface area contributed by atoms with Crippen molar-refractivity contribution < 1.29 is 9.13 Å². The van der Waals surface area contributed by atoms with Gasteiger partial charge in [0.15, 0.2) is 0 Å². The Morgan fingerprint density at radius 3 is 2.89 bits per heavy atom. The molecule has 0 N–H and O–H groups in total. The number of benzene rings is 1. The maximum Gasteiger partial charge on any atom is 0.216 e. The van der Waals surface area contributed by atoms with Crippen LogP contribution in [0.1, 0.15) is 16.7 Å². The highest BCUT2D eigenvalue weighted by atomic mass is 19.1. The molecule has 0 saturated heterocycles. The van der Waals surface area contributed by atoms with Gasteiger partial charge in [-0.25, -0.2) is 9.37 Å². The molecule has 0 fully saturated rings. The Morgan fingerprint density at radius 1 is 1.39 bits per heavy atom. The topological polar surface area (TPSA) is 45.9 Å². The molecule has 1 aromatic heterocycles. The van der Waals surface area contributed by atoms with Crippen LogP contribution in [0.2, 0.25) is 0 Å².